The van der Waals surface area contributed by atoms with E-state index in [2.05, 4.69) is 15.5 Å². The van der Waals surface area contributed by atoms with Crippen molar-refractivity contribution in [1.82, 2.24) is 15.5 Å². The molecular formula is C14H17N3O4. The van der Waals surface area contributed by atoms with Crippen LogP contribution in [0.2, 0.25) is 0 Å². The van der Waals surface area contributed by atoms with Crippen molar-refractivity contribution in [1.29, 1.82) is 0 Å². The van der Waals surface area contributed by atoms with Crippen molar-refractivity contribution in [3.05, 3.63) is 45.7 Å². The van der Waals surface area contributed by atoms with Crippen molar-refractivity contribution in [2.24, 2.45) is 0 Å². The van der Waals surface area contributed by atoms with E-state index in [-0.39, 0.29) is 17.1 Å². The largest absolute Gasteiger partial charge is 0.456 e. The topological polar surface area (TPSA) is 98.2 Å². The monoisotopic (exact) mass is 291 g/mol. The van der Waals surface area contributed by atoms with Gasteiger partial charge in [0.15, 0.2) is 11.2 Å². The highest BCUT2D eigenvalue weighted by molar-refractivity contribution is 5.91. The van der Waals surface area contributed by atoms with Crippen LogP contribution < -0.4 is 10.7 Å². The van der Waals surface area contributed by atoms with E-state index in [1.54, 1.807) is 13.8 Å². The van der Waals surface area contributed by atoms with Crippen LogP contribution in [-0.2, 0) is 0 Å². The van der Waals surface area contributed by atoms with Gasteiger partial charge in [-0.05, 0) is 13.8 Å². The second kappa shape index (κ2) is 5.90. The third kappa shape index (κ3) is 3.56. The number of hydrogen-bond acceptors (Lipinski definition) is 6. The molecule has 0 spiro atoms. The Morgan fingerprint density at radius 1 is 1.14 bits per heavy atom. The van der Waals surface area contributed by atoms with E-state index in [4.69, 9.17) is 8.83 Å². The zero-order chi connectivity index (χ0) is 15.6. The lowest BCUT2D eigenvalue weighted by Gasteiger charge is -2.09. The summed E-state index contributed by atoms with van der Waals surface area (Å²) in [6, 6.07) is 1.97. The van der Waals surface area contributed by atoms with E-state index in [9.17, 15) is 9.59 Å². The SMILES string of the molecule is Cc1cc(=O)cc(C(=O)N[C@H](C)c2nnc(C(C)C)o2)o1. The molecular weight excluding hydrogens is 274 g/mol. The van der Waals surface area contributed by atoms with Gasteiger partial charge in [-0.15, -0.1) is 10.2 Å². The number of nitrogens with zero attached hydrogens (tertiary/aromatic N) is 2. The highest BCUT2D eigenvalue weighted by atomic mass is 16.4. The Balaban J connectivity index is 2.12. The molecule has 2 aromatic heterocycles. The number of hydrogen-bond donors (Lipinski definition) is 1. The predicted octanol–water partition coefficient (Wildman–Crippen LogP) is 1.95. The molecule has 7 nitrogen and oxygen atoms in total. The quantitative estimate of drug-likeness (QED) is 0.924. The standard InChI is InChI=1S/C14H17N3O4/c1-7(2)13-16-17-14(21-13)9(4)15-12(19)11-6-10(18)5-8(3)20-11/h5-7,9H,1-4H3,(H,15,19)/t9-/m1/s1. The fraction of sp³-hybridized carbons (Fsp3) is 0.429. The predicted molar refractivity (Wildman–Crippen MR) is 74.0 cm³/mol. The first-order valence-electron chi connectivity index (χ1n) is 6.62. The normalized spacial score (nSPS) is 12.4. The number of aryl methyl sites for hydroxylation is 1. The molecule has 2 heterocycles. The van der Waals surface area contributed by atoms with E-state index in [1.807, 2.05) is 13.8 Å². The first-order valence-corrected chi connectivity index (χ1v) is 6.62. The Labute approximate surface area is 121 Å². The van der Waals surface area contributed by atoms with Gasteiger partial charge in [0.25, 0.3) is 5.91 Å². The fourth-order valence-electron chi connectivity index (χ4n) is 1.70. The van der Waals surface area contributed by atoms with Crippen LogP contribution in [0.1, 0.15) is 60.8 Å². The van der Waals surface area contributed by atoms with Gasteiger partial charge in [-0.1, -0.05) is 13.8 Å². The summed E-state index contributed by atoms with van der Waals surface area (Å²) in [5.74, 6) is 0.752. The molecule has 1 atom stereocenters. The van der Waals surface area contributed by atoms with E-state index in [0.29, 0.717) is 17.5 Å². The Morgan fingerprint density at radius 2 is 1.81 bits per heavy atom. The molecule has 0 aliphatic heterocycles. The summed E-state index contributed by atoms with van der Waals surface area (Å²) in [5.41, 5.74) is -0.281. The minimum Gasteiger partial charge on any atom is -0.456 e. The van der Waals surface area contributed by atoms with Crippen LogP contribution >= 0.6 is 0 Å². The summed E-state index contributed by atoms with van der Waals surface area (Å²) in [6.07, 6.45) is 0. The maximum absolute atomic E-state index is 12.0. The van der Waals surface area contributed by atoms with Crippen molar-refractivity contribution < 1.29 is 13.6 Å². The van der Waals surface area contributed by atoms with Gasteiger partial charge in [0, 0.05) is 18.1 Å². The van der Waals surface area contributed by atoms with Crippen LogP contribution in [0.15, 0.2) is 25.8 Å². The molecule has 0 unspecified atom stereocenters. The first-order chi connectivity index (χ1) is 9.86. The van der Waals surface area contributed by atoms with Gasteiger partial charge in [-0.25, -0.2) is 0 Å². The molecule has 21 heavy (non-hydrogen) atoms. The van der Waals surface area contributed by atoms with Crippen LogP contribution in [0.25, 0.3) is 0 Å². The molecule has 1 N–H and O–H groups in total. The fourth-order valence-corrected chi connectivity index (χ4v) is 1.70. The Morgan fingerprint density at radius 3 is 2.38 bits per heavy atom. The molecule has 0 aromatic carbocycles. The molecule has 0 saturated carbocycles. The van der Waals surface area contributed by atoms with Crippen molar-refractivity contribution in [2.45, 2.75) is 39.7 Å². The number of carbonyl (C=O) groups excluding carboxylic acids is 1. The minimum absolute atomic E-state index is 0.0459. The zero-order valence-corrected chi connectivity index (χ0v) is 12.3. The molecule has 1 amide bonds. The molecule has 2 aromatic rings. The highest BCUT2D eigenvalue weighted by Gasteiger charge is 2.19. The number of rotatable bonds is 4. The molecule has 0 fully saturated rings. The number of amides is 1. The van der Waals surface area contributed by atoms with E-state index in [0.717, 1.165) is 6.07 Å². The Kier molecular flexibility index (Phi) is 4.21. The van der Waals surface area contributed by atoms with Crippen LogP contribution in [0, 0.1) is 6.92 Å². The maximum atomic E-state index is 12.0. The van der Waals surface area contributed by atoms with Gasteiger partial charge in [0.2, 0.25) is 11.8 Å². The summed E-state index contributed by atoms with van der Waals surface area (Å²) < 4.78 is 10.7. The number of nitrogens with one attached hydrogen (secondary N) is 1. The molecule has 2 rings (SSSR count). The van der Waals surface area contributed by atoms with Crippen molar-refractivity contribution in [3.8, 4) is 0 Å². The van der Waals surface area contributed by atoms with E-state index < -0.39 is 11.9 Å². The van der Waals surface area contributed by atoms with Crippen LogP contribution in [0.5, 0.6) is 0 Å². The number of carbonyl (C=O) groups is 1. The van der Waals surface area contributed by atoms with E-state index >= 15 is 0 Å². The lowest BCUT2D eigenvalue weighted by atomic mass is 10.2. The molecule has 0 bridgehead atoms. The smallest absolute Gasteiger partial charge is 0.287 e. The third-order valence-electron chi connectivity index (χ3n) is 2.78. The molecule has 112 valence electrons. The Hall–Kier alpha value is -2.44. The summed E-state index contributed by atoms with van der Waals surface area (Å²) in [6.45, 7) is 7.18. The lowest BCUT2D eigenvalue weighted by molar-refractivity contribution is 0.0901. The van der Waals surface area contributed by atoms with Crippen molar-refractivity contribution in [2.75, 3.05) is 0 Å². The molecule has 7 heteroatoms. The van der Waals surface area contributed by atoms with E-state index in [1.165, 1.54) is 6.07 Å². The van der Waals surface area contributed by atoms with Crippen molar-refractivity contribution >= 4 is 5.91 Å². The van der Waals surface area contributed by atoms with Gasteiger partial charge >= 0.3 is 0 Å². The Bertz CT molecular complexity index is 702. The molecule has 0 aliphatic carbocycles. The van der Waals surface area contributed by atoms with Crippen LogP contribution in [0.3, 0.4) is 0 Å². The number of aromatic nitrogens is 2. The average Bonchev–Trinajstić information content (AvgIpc) is 2.87. The summed E-state index contributed by atoms with van der Waals surface area (Å²) in [5, 5.41) is 10.5. The van der Waals surface area contributed by atoms with Crippen LogP contribution in [0.4, 0.5) is 0 Å². The molecule has 0 saturated heterocycles. The summed E-state index contributed by atoms with van der Waals surface area (Å²) in [7, 11) is 0. The van der Waals surface area contributed by atoms with Gasteiger partial charge in [-0.2, -0.15) is 0 Å². The second-order valence-corrected chi connectivity index (χ2v) is 5.10. The lowest BCUT2D eigenvalue weighted by Crippen LogP contribution is -2.27. The summed E-state index contributed by atoms with van der Waals surface area (Å²) in [4.78, 5) is 23.4. The van der Waals surface area contributed by atoms with Crippen molar-refractivity contribution in [3.63, 3.8) is 0 Å². The molecule has 0 aliphatic rings. The highest BCUT2D eigenvalue weighted by Crippen LogP contribution is 2.17. The van der Waals surface area contributed by atoms with Crippen LogP contribution in [-0.4, -0.2) is 16.1 Å². The molecule has 0 radical (unpaired) electrons. The zero-order valence-electron chi connectivity index (χ0n) is 12.3. The summed E-state index contributed by atoms with van der Waals surface area (Å²) >= 11 is 0. The van der Waals surface area contributed by atoms with Gasteiger partial charge in [-0.3, -0.25) is 9.59 Å². The van der Waals surface area contributed by atoms with Gasteiger partial charge < -0.3 is 14.2 Å². The maximum Gasteiger partial charge on any atom is 0.287 e. The minimum atomic E-state index is -0.507. The average molecular weight is 291 g/mol. The first kappa shape index (κ1) is 15.0. The van der Waals surface area contributed by atoms with Gasteiger partial charge in [0.05, 0.1) is 0 Å². The second-order valence-electron chi connectivity index (χ2n) is 5.10. The third-order valence-corrected chi connectivity index (χ3v) is 2.78. The van der Waals surface area contributed by atoms with Gasteiger partial charge in [0.1, 0.15) is 11.8 Å².